The number of hydrogen-bond donors (Lipinski definition) is 2. The van der Waals surface area contributed by atoms with Gasteiger partial charge in [0.05, 0.1) is 0 Å². The summed E-state index contributed by atoms with van der Waals surface area (Å²) in [5.41, 5.74) is 0. The van der Waals surface area contributed by atoms with Gasteiger partial charge in [-0.1, -0.05) is 0 Å². The van der Waals surface area contributed by atoms with E-state index in [-0.39, 0.29) is 18.3 Å². The number of rotatable bonds is 3. The van der Waals surface area contributed by atoms with Crippen molar-refractivity contribution in [3.63, 3.8) is 0 Å². The maximum absolute atomic E-state index is 10.6. The number of nitrogens with one attached hydrogen (secondary N) is 2. The minimum atomic E-state index is 0. The standard InChI is InChI=1S/C9H18N2O.ClH/c1-8(12)11-7-4-9-2-5-10-6-3-9;/h9-10H,2-7H2,1H3,(H,11,12);1H. The molecule has 1 fully saturated rings. The van der Waals surface area contributed by atoms with Crippen molar-refractivity contribution in [2.75, 3.05) is 19.6 Å². The molecule has 0 aromatic carbocycles. The van der Waals surface area contributed by atoms with E-state index in [0.29, 0.717) is 0 Å². The minimum Gasteiger partial charge on any atom is -0.356 e. The highest BCUT2D eigenvalue weighted by Crippen LogP contribution is 2.14. The van der Waals surface area contributed by atoms with Crippen molar-refractivity contribution in [1.29, 1.82) is 0 Å². The van der Waals surface area contributed by atoms with Crippen molar-refractivity contribution < 1.29 is 4.79 Å². The Labute approximate surface area is 86.1 Å². The molecule has 0 unspecified atom stereocenters. The van der Waals surface area contributed by atoms with Gasteiger partial charge in [-0.3, -0.25) is 4.79 Å². The summed E-state index contributed by atoms with van der Waals surface area (Å²) < 4.78 is 0. The van der Waals surface area contributed by atoms with Gasteiger partial charge >= 0.3 is 0 Å². The van der Waals surface area contributed by atoms with Gasteiger partial charge in [-0.25, -0.2) is 0 Å². The molecule has 0 bridgehead atoms. The lowest BCUT2D eigenvalue weighted by molar-refractivity contribution is -0.119. The van der Waals surface area contributed by atoms with E-state index in [2.05, 4.69) is 10.6 Å². The van der Waals surface area contributed by atoms with Crippen LogP contribution >= 0.6 is 12.4 Å². The van der Waals surface area contributed by atoms with E-state index in [0.717, 1.165) is 32.0 Å². The Morgan fingerprint density at radius 3 is 2.62 bits per heavy atom. The molecule has 1 saturated heterocycles. The van der Waals surface area contributed by atoms with Crippen LogP contribution in [0.4, 0.5) is 0 Å². The third kappa shape index (κ3) is 5.88. The van der Waals surface area contributed by atoms with Crippen LogP contribution in [-0.2, 0) is 4.79 Å². The predicted octanol–water partition coefficient (Wildman–Crippen LogP) is 0.934. The van der Waals surface area contributed by atoms with Crippen LogP contribution in [-0.4, -0.2) is 25.5 Å². The van der Waals surface area contributed by atoms with Gasteiger partial charge in [0.2, 0.25) is 5.91 Å². The van der Waals surface area contributed by atoms with Crippen LogP contribution < -0.4 is 10.6 Å². The fourth-order valence-electron chi connectivity index (χ4n) is 1.62. The Hall–Kier alpha value is -0.280. The van der Waals surface area contributed by atoms with Gasteiger partial charge in [-0.05, 0) is 38.3 Å². The zero-order valence-corrected chi connectivity index (χ0v) is 8.95. The van der Waals surface area contributed by atoms with Crippen LogP contribution in [0.1, 0.15) is 26.2 Å². The Morgan fingerprint density at radius 2 is 2.08 bits per heavy atom. The summed E-state index contributed by atoms with van der Waals surface area (Å²) in [6.45, 7) is 4.71. The maximum Gasteiger partial charge on any atom is 0.216 e. The fourth-order valence-corrected chi connectivity index (χ4v) is 1.62. The summed E-state index contributed by atoms with van der Waals surface area (Å²) >= 11 is 0. The third-order valence-electron chi connectivity index (χ3n) is 2.39. The molecular weight excluding hydrogens is 188 g/mol. The summed E-state index contributed by atoms with van der Waals surface area (Å²) in [7, 11) is 0. The zero-order chi connectivity index (χ0) is 8.81. The second kappa shape index (κ2) is 7.15. The number of amides is 1. The number of piperidine rings is 1. The largest absolute Gasteiger partial charge is 0.356 e. The van der Waals surface area contributed by atoms with Crippen LogP contribution in [0.15, 0.2) is 0 Å². The zero-order valence-electron chi connectivity index (χ0n) is 8.14. The van der Waals surface area contributed by atoms with Crippen LogP contribution in [0.3, 0.4) is 0 Å². The summed E-state index contributed by atoms with van der Waals surface area (Å²) in [6.07, 6.45) is 3.67. The van der Waals surface area contributed by atoms with Crippen molar-refractivity contribution in [2.45, 2.75) is 26.2 Å². The first kappa shape index (κ1) is 12.7. The lowest BCUT2D eigenvalue weighted by Crippen LogP contribution is -2.30. The van der Waals surface area contributed by atoms with Gasteiger partial charge in [0.25, 0.3) is 0 Å². The van der Waals surface area contributed by atoms with E-state index in [1.165, 1.54) is 12.8 Å². The minimum absolute atomic E-state index is 0. The molecule has 0 radical (unpaired) electrons. The van der Waals surface area contributed by atoms with Crippen molar-refractivity contribution in [3.05, 3.63) is 0 Å². The molecule has 0 spiro atoms. The van der Waals surface area contributed by atoms with E-state index in [4.69, 9.17) is 0 Å². The highest BCUT2D eigenvalue weighted by Gasteiger charge is 2.11. The van der Waals surface area contributed by atoms with E-state index >= 15 is 0 Å². The molecule has 13 heavy (non-hydrogen) atoms. The van der Waals surface area contributed by atoms with Crippen LogP contribution in [0.25, 0.3) is 0 Å². The van der Waals surface area contributed by atoms with Crippen LogP contribution in [0.2, 0.25) is 0 Å². The molecule has 1 rings (SSSR count). The topological polar surface area (TPSA) is 41.1 Å². The molecule has 0 saturated carbocycles. The van der Waals surface area contributed by atoms with E-state index in [9.17, 15) is 4.79 Å². The Balaban J connectivity index is 0.00000144. The second-order valence-electron chi connectivity index (χ2n) is 3.47. The molecule has 1 aliphatic heterocycles. The van der Waals surface area contributed by atoms with Crippen molar-refractivity contribution in [1.82, 2.24) is 10.6 Å². The molecule has 0 aromatic heterocycles. The maximum atomic E-state index is 10.6. The van der Waals surface area contributed by atoms with E-state index in [1.54, 1.807) is 6.92 Å². The first-order valence-electron chi connectivity index (χ1n) is 4.74. The third-order valence-corrected chi connectivity index (χ3v) is 2.39. The number of carbonyl (C=O) groups excluding carboxylic acids is 1. The van der Waals surface area contributed by atoms with E-state index in [1.807, 2.05) is 0 Å². The van der Waals surface area contributed by atoms with Gasteiger partial charge in [-0.2, -0.15) is 0 Å². The highest BCUT2D eigenvalue weighted by molar-refractivity contribution is 5.85. The molecular formula is C9H19ClN2O. The molecule has 4 heteroatoms. The summed E-state index contributed by atoms with van der Waals surface area (Å²) in [4.78, 5) is 10.6. The van der Waals surface area contributed by atoms with Gasteiger partial charge in [0.15, 0.2) is 0 Å². The highest BCUT2D eigenvalue weighted by atomic mass is 35.5. The molecule has 1 amide bonds. The molecule has 0 aliphatic carbocycles. The molecule has 0 aromatic rings. The molecule has 1 heterocycles. The number of carbonyl (C=O) groups is 1. The molecule has 0 atom stereocenters. The average Bonchev–Trinajstić information content (AvgIpc) is 2.05. The fraction of sp³-hybridized carbons (Fsp3) is 0.889. The molecule has 2 N–H and O–H groups in total. The van der Waals surface area contributed by atoms with Gasteiger partial charge in [-0.15, -0.1) is 12.4 Å². The molecule has 78 valence electrons. The first-order valence-corrected chi connectivity index (χ1v) is 4.74. The van der Waals surface area contributed by atoms with Crippen molar-refractivity contribution in [3.8, 4) is 0 Å². The second-order valence-corrected chi connectivity index (χ2v) is 3.47. The average molecular weight is 207 g/mol. The summed E-state index contributed by atoms with van der Waals surface area (Å²) in [5, 5.41) is 6.16. The normalized spacial score (nSPS) is 17.6. The van der Waals surface area contributed by atoms with Crippen molar-refractivity contribution in [2.24, 2.45) is 5.92 Å². The van der Waals surface area contributed by atoms with Gasteiger partial charge in [0, 0.05) is 13.5 Å². The molecule has 3 nitrogen and oxygen atoms in total. The smallest absolute Gasteiger partial charge is 0.216 e. The van der Waals surface area contributed by atoms with E-state index < -0.39 is 0 Å². The number of halogens is 1. The van der Waals surface area contributed by atoms with Gasteiger partial charge < -0.3 is 10.6 Å². The van der Waals surface area contributed by atoms with Crippen LogP contribution in [0.5, 0.6) is 0 Å². The Kier molecular flexibility index (Phi) is 7.00. The Morgan fingerprint density at radius 1 is 1.46 bits per heavy atom. The number of hydrogen-bond acceptors (Lipinski definition) is 2. The Bertz CT molecular complexity index is 147. The molecule has 1 aliphatic rings. The van der Waals surface area contributed by atoms with Crippen molar-refractivity contribution >= 4 is 18.3 Å². The first-order chi connectivity index (χ1) is 5.79. The lowest BCUT2D eigenvalue weighted by Gasteiger charge is -2.22. The SMILES string of the molecule is CC(=O)NCCC1CCNCC1.Cl. The predicted molar refractivity (Wildman–Crippen MR) is 56.1 cm³/mol. The monoisotopic (exact) mass is 206 g/mol. The van der Waals surface area contributed by atoms with Gasteiger partial charge in [0.1, 0.15) is 0 Å². The summed E-state index contributed by atoms with van der Waals surface area (Å²) in [5.74, 6) is 0.905. The lowest BCUT2D eigenvalue weighted by atomic mass is 9.95. The quantitative estimate of drug-likeness (QED) is 0.722. The van der Waals surface area contributed by atoms with Crippen LogP contribution in [0, 0.1) is 5.92 Å². The summed E-state index contributed by atoms with van der Waals surface area (Å²) in [6, 6.07) is 0.